The van der Waals surface area contributed by atoms with E-state index in [1.165, 1.54) is 13.8 Å². The van der Waals surface area contributed by atoms with Crippen LogP contribution in [0, 0.1) is 11.6 Å². The SMILES string of the molecule is CC(=O)/C(Sc1nc(N)c(NC(=O)c2ccc(F)c(F)c2)c(=O)[nH]1)=C(\C)O. The number of amides is 1. The number of nitrogens with two attached hydrogens (primary N) is 1. The summed E-state index contributed by atoms with van der Waals surface area (Å²) in [6, 6.07) is 2.47. The van der Waals surface area contributed by atoms with E-state index >= 15 is 0 Å². The van der Waals surface area contributed by atoms with Crippen molar-refractivity contribution >= 4 is 35.0 Å². The van der Waals surface area contributed by atoms with Crippen molar-refractivity contribution in [1.82, 2.24) is 9.97 Å². The number of nitrogen functional groups attached to an aromatic ring is 1. The van der Waals surface area contributed by atoms with Crippen molar-refractivity contribution in [3.8, 4) is 0 Å². The number of benzene rings is 1. The summed E-state index contributed by atoms with van der Waals surface area (Å²) >= 11 is 0.690. The van der Waals surface area contributed by atoms with Gasteiger partial charge in [-0.2, -0.15) is 0 Å². The first-order valence-electron chi connectivity index (χ1n) is 7.35. The number of Topliss-reactive ketones (excluding diaryl/α,β-unsaturated/α-hetero) is 1. The highest BCUT2D eigenvalue weighted by atomic mass is 32.2. The maximum Gasteiger partial charge on any atom is 0.277 e. The number of allylic oxidation sites excluding steroid dienone is 2. The van der Waals surface area contributed by atoms with Gasteiger partial charge in [-0.25, -0.2) is 13.8 Å². The topological polar surface area (TPSA) is 138 Å². The van der Waals surface area contributed by atoms with Gasteiger partial charge in [0, 0.05) is 5.56 Å². The van der Waals surface area contributed by atoms with Crippen LogP contribution in [0.15, 0.2) is 38.8 Å². The number of anilines is 2. The van der Waals surface area contributed by atoms with Gasteiger partial charge in [0.05, 0.1) is 4.91 Å². The van der Waals surface area contributed by atoms with Crippen molar-refractivity contribution in [3.63, 3.8) is 0 Å². The molecular weight excluding hydrogens is 382 g/mol. The molecule has 27 heavy (non-hydrogen) atoms. The zero-order valence-electron chi connectivity index (χ0n) is 14.1. The molecule has 0 bridgehead atoms. The lowest BCUT2D eigenvalue weighted by atomic mass is 10.2. The molecule has 2 aromatic rings. The normalized spacial score (nSPS) is 11.7. The second kappa shape index (κ2) is 7.99. The van der Waals surface area contributed by atoms with Crippen LogP contribution in [0.2, 0.25) is 0 Å². The maximum absolute atomic E-state index is 13.2. The molecule has 1 aromatic carbocycles. The highest BCUT2D eigenvalue weighted by molar-refractivity contribution is 8.03. The number of nitrogens with zero attached hydrogens (tertiary/aromatic N) is 1. The van der Waals surface area contributed by atoms with Crippen molar-refractivity contribution < 1.29 is 23.5 Å². The standard InChI is InChI=1S/C16H14F2N4O4S/c1-6(23)12(7(2)24)27-16-21-13(19)11(15(26)22-16)20-14(25)8-3-4-9(17)10(18)5-8/h3-5,23H,1-2H3,(H,20,25)(H3,19,21,22,26)/b12-6-. The smallest absolute Gasteiger partial charge is 0.277 e. The summed E-state index contributed by atoms with van der Waals surface area (Å²) in [4.78, 5) is 41.9. The van der Waals surface area contributed by atoms with Crippen LogP contribution < -0.4 is 16.6 Å². The van der Waals surface area contributed by atoms with E-state index in [2.05, 4.69) is 15.3 Å². The molecule has 0 radical (unpaired) electrons. The number of hydrogen-bond donors (Lipinski definition) is 4. The lowest BCUT2D eigenvalue weighted by Crippen LogP contribution is -2.23. The van der Waals surface area contributed by atoms with Crippen LogP contribution in [0.3, 0.4) is 0 Å². The fraction of sp³-hybridized carbons (Fsp3) is 0.125. The summed E-state index contributed by atoms with van der Waals surface area (Å²) in [5.41, 5.74) is 4.21. The second-order valence-corrected chi connectivity index (χ2v) is 6.29. The van der Waals surface area contributed by atoms with Crippen LogP contribution in [-0.2, 0) is 4.79 Å². The highest BCUT2D eigenvalue weighted by Gasteiger charge is 2.18. The van der Waals surface area contributed by atoms with Gasteiger partial charge in [0.25, 0.3) is 11.5 Å². The number of carbonyl (C=O) groups excluding carboxylic acids is 2. The van der Waals surface area contributed by atoms with Crippen molar-refractivity contribution in [2.45, 2.75) is 19.0 Å². The van der Waals surface area contributed by atoms with E-state index in [4.69, 9.17) is 5.73 Å². The summed E-state index contributed by atoms with van der Waals surface area (Å²) in [6.45, 7) is 2.52. The third-order valence-corrected chi connectivity index (χ3v) is 4.37. The quantitative estimate of drug-likeness (QED) is 0.263. The minimum absolute atomic E-state index is 0.0453. The molecule has 5 N–H and O–H groups in total. The zero-order chi connectivity index (χ0) is 20.3. The molecule has 2 rings (SSSR count). The van der Waals surface area contributed by atoms with Gasteiger partial charge in [-0.05, 0) is 43.8 Å². The van der Waals surface area contributed by atoms with Crippen LogP contribution in [-0.4, -0.2) is 26.8 Å². The van der Waals surface area contributed by atoms with Crippen molar-refractivity contribution in [2.75, 3.05) is 11.1 Å². The molecule has 1 heterocycles. The zero-order valence-corrected chi connectivity index (χ0v) is 14.9. The molecule has 0 fully saturated rings. The molecule has 0 saturated carbocycles. The number of H-pyrrole nitrogens is 1. The van der Waals surface area contributed by atoms with Crippen LogP contribution in [0.1, 0.15) is 24.2 Å². The molecule has 0 aliphatic carbocycles. The molecule has 1 amide bonds. The Morgan fingerprint density at radius 2 is 1.93 bits per heavy atom. The molecule has 142 valence electrons. The van der Waals surface area contributed by atoms with E-state index in [-0.39, 0.29) is 27.2 Å². The molecular formula is C16H14F2N4O4S. The summed E-state index contributed by atoms with van der Waals surface area (Å²) in [5, 5.41) is 11.6. The largest absolute Gasteiger partial charge is 0.511 e. The Kier molecular flexibility index (Phi) is 5.95. The van der Waals surface area contributed by atoms with Gasteiger partial charge in [-0.3, -0.25) is 19.4 Å². The van der Waals surface area contributed by atoms with Crippen molar-refractivity contribution in [2.24, 2.45) is 0 Å². The third-order valence-electron chi connectivity index (χ3n) is 3.19. The summed E-state index contributed by atoms with van der Waals surface area (Å²) in [7, 11) is 0. The molecule has 0 aliphatic rings. The maximum atomic E-state index is 13.2. The van der Waals surface area contributed by atoms with Gasteiger partial charge >= 0.3 is 0 Å². The number of aliphatic hydroxyl groups excluding tert-OH is 1. The van der Waals surface area contributed by atoms with Gasteiger partial charge in [0.1, 0.15) is 11.4 Å². The molecule has 0 unspecified atom stereocenters. The minimum Gasteiger partial charge on any atom is -0.511 e. The number of hydrogen-bond acceptors (Lipinski definition) is 7. The number of rotatable bonds is 5. The fourth-order valence-electron chi connectivity index (χ4n) is 1.96. The molecule has 0 spiro atoms. The first-order valence-corrected chi connectivity index (χ1v) is 8.16. The molecule has 11 heteroatoms. The average molecular weight is 396 g/mol. The minimum atomic E-state index is -1.22. The fourth-order valence-corrected chi connectivity index (χ4v) is 2.73. The Bertz CT molecular complexity index is 1020. The van der Waals surface area contributed by atoms with Gasteiger partial charge in [0.15, 0.2) is 28.4 Å². The Balaban J connectivity index is 2.30. The van der Waals surface area contributed by atoms with E-state index in [0.717, 1.165) is 12.1 Å². The predicted molar refractivity (Wildman–Crippen MR) is 95.4 cm³/mol. The molecule has 0 atom stereocenters. The number of aromatic nitrogens is 2. The molecule has 1 aromatic heterocycles. The third kappa shape index (κ3) is 4.70. The van der Waals surface area contributed by atoms with Gasteiger partial charge < -0.3 is 16.2 Å². The van der Waals surface area contributed by atoms with Crippen molar-refractivity contribution in [3.05, 3.63) is 56.4 Å². The average Bonchev–Trinajstić information content (AvgIpc) is 2.57. The van der Waals surface area contributed by atoms with Crippen LogP contribution >= 0.6 is 11.8 Å². The van der Waals surface area contributed by atoms with E-state index in [1.807, 2.05) is 0 Å². The monoisotopic (exact) mass is 396 g/mol. The molecule has 8 nitrogen and oxygen atoms in total. The number of aromatic amines is 1. The van der Waals surface area contributed by atoms with Crippen molar-refractivity contribution in [1.29, 1.82) is 0 Å². The Hall–Kier alpha value is -3.21. The van der Waals surface area contributed by atoms with E-state index in [1.54, 1.807) is 0 Å². The Morgan fingerprint density at radius 3 is 2.44 bits per heavy atom. The van der Waals surface area contributed by atoms with Crippen LogP contribution in [0.4, 0.5) is 20.3 Å². The van der Waals surface area contributed by atoms with Crippen LogP contribution in [0.25, 0.3) is 0 Å². The summed E-state index contributed by atoms with van der Waals surface area (Å²) in [5.74, 6) is -4.32. The number of aliphatic hydroxyl groups is 1. The highest BCUT2D eigenvalue weighted by Crippen LogP contribution is 2.27. The van der Waals surface area contributed by atoms with E-state index < -0.39 is 34.6 Å². The first-order chi connectivity index (χ1) is 12.6. The summed E-state index contributed by atoms with van der Waals surface area (Å²) in [6.07, 6.45) is 0. The second-order valence-electron chi connectivity index (χ2n) is 5.29. The van der Waals surface area contributed by atoms with Crippen LogP contribution in [0.5, 0.6) is 0 Å². The first kappa shape index (κ1) is 20.1. The predicted octanol–water partition coefficient (Wildman–Crippen LogP) is 2.35. The number of halogens is 2. The lowest BCUT2D eigenvalue weighted by molar-refractivity contribution is -0.113. The van der Waals surface area contributed by atoms with E-state index in [0.29, 0.717) is 17.8 Å². The molecule has 0 aliphatic heterocycles. The van der Waals surface area contributed by atoms with Gasteiger partial charge in [-0.1, -0.05) is 0 Å². The lowest BCUT2D eigenvalue weighted by Gasteiger charge is -2.09. The Labute approximate surface area is 155 Å². The number of carbonyl (C=O) groups is 2. The van der Waals surface area contributed by atoms with Gasteiger partial charge in [-0.15, -0.1) is 0 Å². The van der Waals surface area contributed by atoms with E-state index in [9.17, 15) is 28.3 Å². The van der Waals surface area contributed by atoms with Gasteiger partial charge in [0.2, 0.25) is 0 Å². The summed E-state index contributed by atoms with van der Waals surface area (Å²) < 4.78 is 26.2. The number of nitrogens with one attached hydrogen (secondary N) is 2. The Morgan fingerprint density at radius 1 is 1.26 bits per heavy atom. The number of thioether (sulfide) groups is 1. The number of ketones is 1. The molecule has 0 saturated heterocycles.